The lowest BCUT2D eigenvalue weighted by molar-refractivity contribution is -0.118. The second kappa shape index (κ2) is 7.44. The summed E-state index contributed by atoms with van der Waals surface area (Å²) in [5.41, 5.74) is 4.26. The maximum Gasteiger partial charge on any atom is 0.250 e. The van der Waals surface area contributed by atoms with Crippen LogP contribution in [0.4, 0.5) is 0 Å². The first-order valence-corrected chi connectivity index (χ1v) is 9.68. The van der Waals surface area contributed by atoms with Gasteiger partial charge in [-0.3, -0.25) is 4.79 Å². The van der Waals surface area contributed by atoms with Gasteiger partial charge in [0, 0.05) is 0 Å². The number of nitrogens with zero attached hydrogens (tertiary/aromatic N) is 2. The number of rotatable bonds is 5. The Kier molecular flexibility index (Phi) is 5.32. The predicted octanol–water partition coefficient (Wildman–Crippen LogP) is 4.64. The second-order valence-corrected chi connectivity index (χ2v) is 8.54. The van der Waals surface area contributed by atoms with Gasteiger partial charge in [-0.2, -0.15) is 5.10 Å². The number of amides is 1. The third kappa shape index (κ3) is 4.32. The van der Waals surface area contributed by atoms with Crippen LogP contribution in [0.1, 0.15) is 11.8 Å². The van der Waals surface area contributed by atoms with Crippen LogP contribution < -0.4 is 5.43 Å². The van der Waals surface area contributed by atoms with Crippen molar-refractivity contribution >= 4 is 67.9 Å². The highest BCUT2D eigenvalue weighted by molar-refractivity contribution is 8.01. The van der Waals surface area contributed by atoms with Crippen molar-refractivity contribution in [3.05, 3.63) is 45.6 Å². The summed E-state index contributed by atoms with van der Waals surface area (Å²) in [6.45, 7) is 1.84. The van der Waals surface area contributed by atoms with E-state index in [9.17, 15) is 4.79 Å². The maximum atomic E-state index is 11.9. The Morgan fingerprint density at radius 1 is 1.30 bits per heavy atom. The van der Waals surface area contributed by atoms with Gasteiger partial charge in [0.1, 0.15) is 0 Å². The number of nitrogens with one attached hydrogen (secondary N) is 1. The highest BCUT2D eigenvalue weighted by Crippen LogP contribution is 2.29. The Morgan fingerprint density at radius 3 is 2.87 bits per heavy atom. The SMILES string of the molecule is CC(=NNC(=O)CSc1nc2ccccc2s1)c1ccc(Cl)s1. The van der Waals surface area contributed by atoms with Crippen LogP contribution >= 0.6 is 46.0 Å². The first-order chi connectivity index (χ1) is 11.1. The van der Waals surface area contributed by atoms with Gasteiger partial charge in [0.05, 0.1) is 30.9 Å². The molecule has 8 heteroatoms. The van der Waals surface area contributed by atoms with E-state index in [1.54, 1.807) is 11.3 Å². The van der Waals surface area contributed by atoms with E-state index < -0.39 is 0 Å². The van der Waals surface area contributed by atoms with Crippen molar-refractivity contribution < 1.29 is 4.79 Å². The van der Waals surface area contributed by atoms with Gasteiger partial charge in [0.25, 0.3) is 5.91 Å². The van der Waals surface area contributed by atoms with E-state index in [0.717, 1.165) is 25.1 Å². The molecule has 0 saturated carbocycles. The normalized spacial score (nSPS) is 11.8. The number of thiophene rings is 1. The van der Waals surface area contributed by atoms with E-state index in [0.29, 0.717) is 4.34 Å². The van der Waals surface area contributed by atoms with Crippen LogP contribution in [0.3, 0.4) is 0 Å². The number of hydrogen-bond acceptors (Lipinski definition) is 6. The highest BCUT2D eigenvalue weighted by Gasteiger charge is 2.08. The molecule has 0 atom stereocenters. The van der Waals surface area contributed by atoms with Crippen molar-refractivity contribution in [1.29, 1.82) is 0 Å². The van der Waals surface area contributed by atoms with Crippen LogP contribution in [-0.4, -0.2) is 22.4 Å². The first-order valence-electron chi connectivity index (χ1n) is 6.69. The molecule has 3 rings (SSSR count). The Bertz CT molecular complexity index is 839. The fourth-order valence-corrected chi connectivity index (χ4v) is 4.63. The standard InChI is InChI=1S/C15H12ClN3OS3/c1-9(11-6-7-13(16)22-11)18-19-14(20)8-21-15-17-10-4-2-3-5-12(10)23-15/h2-7H,8H2,1H3,(H,19,20). The summed E-state index contributed by atoms with van der Waals surface area (Å²) < 4.78 is 2.71. The molecule has 0 aliphatic rings. The molecule has 4 nitrogen and oxygen atoms in total. The zero-order chi connectivity index (χ0) is 16.2. The van der Waals surface area contributed by atoms with Crippen molar-refractivity contribution in [3.63, 3.8) is 0 Å². The monoisotopic (exact) mass is 381 g/mol. The minimum atomic E-state index is -0.156. The van der Waals surface area contributed by atoms with Gasteiger partial charge in [-0.05, 0) is 31.2 Å². The van der Waals surface area contributed by atoms with Gasteiger partial charge in [0.15, 0.2) is 4.34 Å². The summed E-state index contributed by atoms with van der Waals surface area (Å²) in [4.78, 5) is 17.3. The van der Waals surface area contributed by atoms with Crippen molar-refractivity contribution in [2.45, 2.75) is 11.3 Å². The van der Waals surface area contributed by atoms with E-state index in [1.807, 2.05) is 43.3 Å². The fraction of sp³-hybridized carbons (Fsp3) is 0.133. The Hall–Kier alpha value is -1.41. The average molecular weight is 382 g/mol. The number of para-hydroxylation sites is 1. The van der Waals surface area contributed by atoms with Gasteiger partial charge in [-0.25, -0.2) is 10.4 Å². The van der Waals surface area contributed by atoms with E-state index >= 15 is 0 Å². The zero-order valence-corrected chi connectivity index (χ0v) is 15.3. The van der Waals surface area contributed by atoms with Gasteiger partial charge in [-0.15, -0.1) is 22.7 Å². The van der Waals surface area contributed by atoms with Gasteiger partial charge in [0.2, 0.25) is 0 Å². The number of carbonyl (C=O) groups excluding carboxylic acids is 1. The van der Waals surface area contributed by atoms with Crippen LogP contribution in [0.25, 0.3) is 10.2 Å². The number of thioether (sulfide) groups is 1. The summed E-state index contributed by atoms with van der Waals surface area (Å²) in [6.07, 6.45) is 0. The number of fused-ring (bicyclic) bond motifs is 1. The largest absolute Gasteiger partial charge is 0.272 e. The fourth-order valence-electron chi connectivity index (χ4n) is 1.78. The van der Waals surface area contributed by atoms with Crippen molar-refractivity contribution in [3.8, 4) is 0 Å². The molecule has 0 spiro atoms. The predicted molar refractivity (Wildman–Crippen MR) is 100 cm³/mol. The summed E-state index contributed by atoms with van der Waals surface area (Å²) in [7, 11) is 0. The quantitative estimate of drug-likeness (QED) is 0.398. The van der Waals surface area contributed by atoms with Gasteiger partial charge < -0.3 is 0 Å². The second-order valence-electron chi connectivity index (χ2n) is 4.57. The molecule has 1 N–H and O–H groups in total. The number of hydrogen-bond donors (Lipinski definition) is 1. The van der Waals surface area contributed by atoms with E-state index in [-0.39, 0.29) is 11.7 Å². The third-order valence-electron chi connectivity index (χ3n) is 2.88. The molecule has 3 aromatic rings. The smallest absolute Gasteiger partial charge is 0.250 e. The molecular formula is C15H12ClN3OS3. The lowest BCUT2D eigenvalue weighted by atomic mass is 10.3. The molecule has 0 saturated heterocycles. The highest BCUT2D eigenvalue weighted by atomic mass is 35.5. The van der Waals surface area contributed by atoms with Crippen molar-refractivity contribution in [2.24, 2.45) is 5.10 Å². The van der Waals surface area contributed by atoms with Crippen molar-refractivity contribution in [2.75, 3.05) is 5.75 Å². The number of thiazole rings is 1. The van der Waals surface area contributed by atoms with Crippen LogP contribution in [0.2, 0.25) is 4.34 Å². The van der Waals surface area contributed by atoms with Crippen LogP contribution in [-0.2, 0) is 4.79 Å². The molecule has 0 radical (unpaired) electrons. The summed E-state index contributed by atoms with van der Waals surface area (Å²) >= 11 is 10.3. The molecule has 0 aliphatic heterocycles. The molecular weight excluding hydrogens is 370 g/mol. The minimum absolute atomic E-state index is 0.156. The molecule has 0 unspecified atom stereocenters. The topological polar surface area (TPSA) is 54.4 Å². The van der Waals surface area contributed by atoms with Crippen LogP contribution in [0, 0.1) is 0 Å². The number of hydrazone groups is 1. The summed E-state index contributed by atoms with van der Waals surface area (Å²) in [6, 6.07) is 11.6. The summed E-state index contributed by atoms with van der Waals surface area (Å²) in [5, 5.41) is 4.10. The van der Waals surface area contributed by atoms with E-state index in [4.69, 9.17) is 11.6 Å². The van der Waals surface area contributed by atoms with Crippen molar-refractivity contribution in [1.82, 2.24) is 10.4 Å². The number of halogens is 1. The maximum absolute atomic E-state index is 11.9. The Labute approximate surface area is 150 Å². The first kappa shape index (κ1) is 16.4. The number of aromatic nitrogens is 1. The lowest BCUT2D eigenvalue weighted by Gasteiger charge is -2.00. The molecule has 2 aromatic heterocycles. The molecule has 0 aliphatic carbocycles. The average Bonchev–Trinajstić information content (AvgIpc) is 3.16. The molecule has 2 heterocycles. The van der Waals surface area contributed by atoms with Gasteiger partial charge >= 0.3 is 0 Å². The van der Waals surface area contributed by atoms with Crippen LogP contribution in [0.15, 0.2) is 45.8 Å². The molecule has 118 valence electrons. The molecule has 1 aromatic carbocycles. The molecule has 0 bridgehead atoms. The minimum Gasteiger partial charge on any atom is -0.272 e. The summed E-state index contributed by atoms with van der Waals surface area (Å²) in [5.74, 6) is 0.123. The Balaban J connectivity index is 1.55. The van der Waals surface area contributed by atoms with Gasteiger partial charge in [-0.1, -0.05) is 35.5 Å². The van der Waals surface area contributed by atoms with E-state index in [2.05, 4.69) is 15.5 Å². The Morgan fingerprint density at radius 2 is 2.13 bits per heavy atom. The lowest BCUT2D eigenvalue weighted by Crippen LogP contribution is -2.20. The zero-order valence-electron chi connectivity index (χ0n) is 12.1. The van der Waals surface area contributed by atoms with Crippen LogP contribution in [0.5, 0.6) is 0 Å². The third-order valence-corrected chi connectivity index (χ3v) is 6.40. The molecule has 23 heavy (non-hydrogen) atoms. The van der Waals surface area contributed by atoms with E-state index in [1.165, 1.54) is 23.1 Å². The molecule has 1 amide bonds. The number of carbonyl (C=O) groups is 1. The number of benzene rings is 1. The molecule has 0 fully saturated rings.